The minimum atomic E-state index is 0. The molecule has 4 rings (SSSR count). The monoisotopic (exact) mass is 576 g/mol. The molecular weight excluding hydrogens is 543 g/mol. The first-order valence-electron chi connectivity index (χ1n) is 11.3. The number of hydrogen-bond acceptors (Lipinski definition) is 5. The largest absolute Gasteiger partial charge is 0.497 e. The van der Waals surface area contributed by atoms with Gasteiger partial charge in [0.15, 0.2) is 5.96 Å². The van der Waals surface area contributed by atoms with Gasteiger partial charge in [0.05, 0.1) is 32.8 Å². The van der Waals surface area contributed by atoms with Gasteiger partial charge >= 0.3 is 0 Å². The zero-order valence-corrected chi connectivity index (χ0v) is 22.2. The number of methoxy groups -OCH3 is 2. The molecule has 2 aromatic carbocycles. The topological polar surface area (TPSA) is 75.9 Å². The van der Waals surface area contributed by atoms with E-state index >= 15 is 0 Å². The third kappa shape index (κ3) is 6.34. The number of aromatic nitrogens is 2. The van der Waals surface area contributed by atoms with Crippen molar-refractivity contribution >= 4 is 35.6 Å². The SMILES string of the molecule is CCNC(=NCc1ccccc1-n1ccnc1)NC1CCN(c2cc(OC)cc(OC)c2)C1.I. The number of ether oxygens (including phenoxy) is 2. The van der Waals surface area contributed by atoms with Crippen LogP contribution >= 0.6 is 24.0 Å². The quantitative estimate of drug-likeness (QED) is 0.241. The number of halogens is 1. The molecule has 8 nitrogen and oxygen atoms in total. The fraction of sp³-hybridized carbons (Fsp3) is 0.360. The van der Waals surface area contributed by atoms with Gasteiger partial charge in [-0.1, -0.05) is 18.2 Å². The van der Waals surface area contributed by atoms with Crippen molar-refractivity contribution in [3.05, 3.63) is 66.7 Å². The summed E-state index contributed by atoms with van der Waals surface area (Å²) in [5.41, 5.74) is 3.34. The van der Waals surface area contributed by atoms with Crippen LogP contribution in [0.1, 0.15) is 18.9 Å². The number of nitrogens with one attached hydrogen (secondary N) is 2. The second-order valence-electron chi connectivity index (χ2n) is 7.94. The molecule has 1 saturated heterocycles. The number of para-hydroxylation sites is 1. The normalized spacial score (nSPS) is 15.6. The Bertz CT molecular complexity index is 1050. The van der Waals surface area contributed by atoms with E-state index < -0.39 is 0 Å². The molecule has 1 aliphatic rings. The molecule has 0 amide bonds. The molecule has 1 aliphatic heterocycles. The Morgan fingerprint density at radius 2 is 1.91 bits per heavy atom. The van der Waals surface area contributed by atoms with Gasteiger partial charge in [-0.3, -0.25) is 0 Å². The number of aliphatic imine (C=N–C) groups is 1. The summed E-state index contributed by atoms with van der Waals surface area (Å²) in [5.74, 6) is 2.42. The van der Waals surface area contributed by atoms with Crippen molar-refractivity contribution < 1.29 is 9.47 Å². The van der Waals surface area contributed by atoms with Gasteiger partial charge in [0.25, 0.3) is 0 Å². The van der Waals surface area contributed by atoms with Crippen LogP contribution < -0.4 is 25.0 Å². The van der Waals surface area contributed by atoms with Crippen LogP contribution in [-0.2, 0) is 6.54 Å². The van der Waals surface area contributed by atoms with Crippen LogP contribution in [0.5, 0.6) is 11.5 Å². The molecule has 0 aliphatic carbocycles. The Labute approximate surface area is 218 Å². The van der Waals surface area contributed by atoms with Crippen molar-refractivity contribution in [1.29, 1.82) is 0 Å². The molecule has 0 saturated carbocycles. The lowest BCUT2D eigenvalue weighted by atomic mass is 10.2. The second-order valence-corrected chi connectivity index (χ2v) is 7.94. The van der Waals surface area contributed by atoms with Gasteiger partial charge in [-0.25, -0.2) is 9.98 Å². The van der Waals surface area contributed by atoms with Gasteiger partial charge in [-0.2, -0.15) is 0 Å². The van der Waals surface area contributed by atoms with E-state index in [1.807, 2.05) is 35.3 Å². The van der Waals surface area contributed by atoms with Crippen molar-refractivity contribution in [3.8, 4) is 17.2 Å². The summed E-state index contributed by atoms with van der Waals surface area (Å²) in [7, 11) is 3.36. The third-order valence-electron chi connectivity index (χ3n) is 5.76. The van der Waals surface area contributed by atoms with Crippen LogP contribution in [0.2, 0.25) is 0 Å². The number of imidazole rings is 1. The van der Waals surface area contributed by atoms with Crippen molar-refractivity contribution in [3.63, 3.8) is 0 Å². The van der Waals surface area contributed by atoms with E-state index in [1.54, 1.807) is 20.4 Å². The lowest BCUT2D eigenvalue weighted by molar-refractivity contribution is 0.394. The lowest BCUT2D eigenvalue weighted by Gasteiger charge is -2.21. The summed E-state index contributed by atoms with van der Waals surface area (Å²) in [6.45, 7) is 5.30. The van der Waals surface area contributed by atoms with Crippen LogP contribution in [0.3, 0.4) is 0 Å². The van der Waals surface area contributed by atoms with Crippen LogP contribution in [0.25, 0.3) is 5.69 Å². The van der Waals surface area contributed by atoms with Crippen molar-refractivity contribution in [2.75, 3.05) is 38.8 Å². The number of guanidine groups is 1. The lowest BCUT2D eigenvalue weighted by Crippen LogP contribution is -2.44. The zero-order chi connectivity index (χ0) is 23.0. The smallest absolute Gasteiger partial charge is 0.191 e. The fourth-order valence-corrected chi connectivity index (χ4v) is 4.06. The zero-order valence-electron chi connectivity index (χ0n) is 19.9. The van der Waals surface area contributed by atoms with Gasteiger partial charge in [0.1, 0.15) is 11.5 Å². The number of hydrogen-bond donors (Lipinski definition) is 2. The molecule has 2 N–H and O–H groups in total. The molecule has 3 aromatic rings. The van der Waals surface area contributed by atoms with Gasteiger partial charge in [-0.15, -0.1) is 24.0 Å². The maximum absolute atomic E-state index is 5.43. The first-order chi connectivity index (χ1) is 16.2. The summed E-state index contributed by atoms with van der Waals surface area (Å²) in [5, 5.41) is 7.00. The first-order valence-corrected chi connectivity index (χ1v) is 11.3. The van der Waals surface area contributed by atoms with E-state index in [0.717, 1.165) is 60.5 Å². The summed E-state index contributed by atoms with van der Waals surface area (Å²) < 4.78 is 12.9. The molecule has 0 spiro atoms. The van der Waals surface area contributed by atoms with Crippen LogP contribution in [-0.4, -0.2) is 55.4 Å². The summed E-state index contributed by atoms with van der Waals surface area (Å²) in [6, 6.07) is 14.6. The molecule has 1 fully saturated rings. The Balaban J connectivity index is 0.00000324. The van der Waals surface area contributed by atoms with E-state index in [1.165, 1.54) is 0 Å². The van der Waals surface area contributed by atoms with Gasteiger partial charge < -0.3 is 29.6 Å². The third-order valence-corrected chi connectivity index (χ3v) is 5.76. The Morgan fingerprint density at radius 3 is 2.59 bits per heavy atom. The molecule has 0 bridgehead atoms. The predicted molar refractivity (Wildman–Crippen MR) is 147 cm³/mol. The highest BCUT2D eigenvalue weighted by Crippen LogP contribution is 2.30. The molecular formula is C25H33IN6O2. The van der Waals surface area contributed by atoms with E-state index in [0.29, 0.717) is 12.6 Å². The molecule has 1 aromatic heterocycles. The average Bonchev–Trinajstić information content (AvgIpc) is 3.55. The van der Waals surface area contributed by atoms with Gasteiger partial charge in [-0.05, 0) is 25.0 Å². The molecule has 182 valence electrons. The number of rotatable bonds is 8. The first kappa shape index (κ1) is 25.7. The fourth-order valence-electron chi connectivity index (χ4n) is 4.06. The minimum absolute atomic E-state index is 0. The van der Waals surface area contributed by atoms with E-state index in [9.17, 15) is 0 Å². The van der Waals surface area contributed by atoms with Crippen molar-refractivity contribution in [1.82, 2.24) is 20.2 Å². The Kier molecular flexibility index (Phi) is 9.43. The van der Waals surface area contributed by atoms with Crippen LogP contribution in [0, 0.1) is 0 Å². The van der Waals surface area contributed by atoms with Crippen LogP contribution in [0.15, 0.2) is 66.2 Å². The highest BCUT2D eigenvalue weighted by Gasteiger charge is 2.24. The maximum atomic E-state index is 5.43. The standard InChI is InChI=1S/C25H32N6O2.HI/c1-4-27-25(28-16-19-7-5-6-8-24(19)31-12-10-26-18-31)29-20-9-11-30(17-20)21-13-22(32-2)15-23(14-21)33-3;/h5-8,10,12-15,18,20H,4,9,11,16-17H2,1-3H3,(H2,27,28,29);1H. The van der Waals surface area contributed by atoms with Gasteiger partial charge in [0.2, 0.25) is 0 Å². The summed E-state index contributed by atoms with van der Waals surface area (Å²) in [4.78, 5) is 11.4. The summed E-state index contributed by atoms with van der Waals surface area (Å²) in [6.07, 6.45) is 6.57. The minimum Gasteiger partial charge on any atom is -0.497 e. The van der Waals surface area contributed by atoms with E-state index in [4.69, 9.17) is 14.5 Å². The Morgan fingerprint density at radius 1 is 1.15 bits per heavy atom. The van der Waals surface area contributed by atoms with Gasteiger partial charge in [0, 0.05) is 62.0 Å². The molecule has 1 atom stereocenters. The maximum Gasteiger partial charge on any atom is 0.191 e. The summed E-state index contributed by atoms with van der Waals surface area (Å²) >= 11 is 0. The number of nitrogens with zero attached hydrogens (tertiary/aromatic N) is 4. The molecule has 34 heavy (non-hydrogen) atoms. The molecule has 0 radical (unpaired) electrons. The Hall–Kier alpha value is -2.95. The highest BCUT2D eigenvalue weighted by atomic mass is 127. The predicted octanol–water partition coefficient (Wildman–Crippen LogP) is 3.84. The average molecular weight is 576 g/mol. The molecule has 9 heteroatoms. The second kappa shape index (κ2) is 12.5. The number of benzene rings is 2. The molecule has 1 unspecified atom stereocenters. The molecule has 2 heterocycles. The van der Waals surface area contributed by atoms with Crippen molar-refractivity contribution in [2.24, 2.45) is 4.99 Å². The van der Waals surface area contributed by atoms with E-state index in [-0.39, 0.29) is 24.0 Å². The van der Waals surface area contributed by atoms with E-state index in [2.05, 4.69) is 51.7 Å². The van der Waals surface area contributed by atoms with Crippen LogP contribution in [0.4, 0.5) is 5.69 Å². The van der Waals surface area contributed by atoms with Crippen molar-refractivity contribution in [2.45, 2.75) is 25.9 Å². The highest BCUT2D eigenvalue weighted by molar-refractivity contribution is 14.0. The number of anilines is 1.